The molecule has 5 heteroatoms. The summed E-state index contributed by atoms with van der Waals surface area (Å²) in [6.45, 7) is 3.70. The predicted molar refractivity (Wildman–Crippen MR) is 72.3 cm³/mol. The molecule has 0 radical (unpaired) electrons. The lowest BCUT2D eigenvalue weighted by molar-refractivity contribution is -0.0875. The highest BCUT2D eigenvalue weighted by atomic mass is 16.6. The average molecular weight is 273 g/mol. The van der Waals surface area contributed by atoms with Crippen molar-refractivity contribution < 1.29 is 19.3 Å². The summed E-state index contributed by atoms with van der Waals surface area (Å²) in [5, 5.41) is 13.1. The zero-order valence-corrected chi connectivity index (χ0v) is 11.7. The lowest BCUT2D eigenvalue weighted by atomic mass is 9.98. The zero-order chi connectivity index (χ0) is 13.3. The molecule has 2 aliphatic rings. The third-order valence-corrected chi connectivity index (χ3v) is 3.71. The summed E-state index contributed by atoms with van der Waals surface area (Å²) in [5.41, 5.74) is 0. The molecule has 0 aromatic carbocycles. The lowest BCUT2D eigenvalue weighted by Crippen LogP contribution is -2.41. The van der Waals surface area contributed by atoms with E-state index in [1.54, 1.807) is 0 Å². The van der Waals surface area contributed by atoms with Crippen LogP contribution in [0, 0.1) is 0 Å². The first-order valence-electron chi connectivity index (χ1n) is 7.54. The second kappa shape index (κ2) is 8.87. The fourth-order valence-corrected chi connectivity index (χ4v) is 2.60. The van der Waals surface area contributed by atoms with Crippen molar-refractivity contribution in [2.45, 2.75) is 50.4 Å². The molecule has 0 amide bonds. The largest absolute Gasteiger partial charge is 0.389 e. The number of aliphatic hydroxyl groups is 1. The summed E-state index contributed by atoms with van der Waals surface area (Å²) in [4.78, 5) is 0. The van der Waals surface area contributed by atoms with Gasteiger partial charge in [0.25, 0.3) is 0 Å². The molecule has 1 saturated carbocycles. The minimum absolute atomic E-state index is 0.111. The van der Waals surface area contributed by atoms with Gasteiger partial charge in [0.2, 0.25) is 0 Å². The van der Waals surface area contributed by atoms with Gasteiger partial charge in [0.1, 0.15) is 0 Å². The van der Waals surface area contributed by atoms with E-state index in [0.717, 1.165) is 19.4 Å². The third-order valence-electron chi connectivity index (χ3n) is 3.71. The maximum atomic E-state index is 9.85. The molecule has 2 atom stereocenters. The molecule has 1 aliphatic carbocycles. The molecule has 0 aromatic heterocycles. The summed E-state index contributed by atoms with van der Waals surface area (Å²) in [7, 11) is 0. The SMILES string of the molecule is OC(CNCC1COCCO1)COC1CCCCC1. The first-order chi connectivity index (χ1) is 9.34. The molecule has 19 heavy (non-hydrogen) atoms. The van der Waals surface area contributed by atoms with E-state index in [0.29, 0.717) is 39.1 Å². The fourth-order valence-electron chi connectivity index (χ4n) is 2.60. The van der Waals surface area contributed by atoms with Crippen LogP contribution in [-0.4, -0.2) is 62.9 Å². The molecule has 1 aliphatic heterocycles. The smallest absolute Gasteiger partial charge is 0.0933 e. The van der Waals surface area contributed by atoms with Crippen molar-refractivity contribution in [3.8, 4) is 0 Å². The van der Waals surface area contributed by atoms with Gasteiger partial charge in [-0.1, -0.05) is 19.3 Å². The van der Waals surface area contributed by atoms with E-state index in [-0.39, 0.29) is 6.10 Å². The van der Waals surface area contributed by atoms with Crippen LogP contribution in [0.2, 0.25) is 0 Å². The molecule has 2 rings (SSSR count). The van der Waals surface area contributed by atoms with Crippen LogP contribution in [0.3, 0.4) is 0 Å². The van der Waals surface area contributed by atoms with Gasteiger partial charge in [-0.15, -0.1) is 0 Å². The molecule has 0 aromatic rings. The summed E-state index contributed by atoms with van der Waals surface area (Å²) in [6.07, 6.45) is 6.18. The minimum Gasteiger partial charge on any atom is -0.389 e. The van der Waals surface area contributed by atoms with Crippen LogP contribution < -0.4 is 5.32 Å². The van der Waals surface area contributed by atoms with Crippen molar-refractivity contribution in [2.24, 2.45) is 0 Å². The minimum atomic E-state index is -0.438. The number of hydrogen-bond acceptors (Lipinski definition) is 5. The molecule has 2 unspecified atom stereocenters. The van der Waals surface area contributed by atoms with E-state index in [1.165, 1.54) is 19.3 Å². The monoisotopic (exact) mass is 273 g/mol. The molecule has 0 spiro atoms. The maximum Gasteiger partial charge on any atom is 0.0933 e. The van der Waals surface area contributed by atoms with E-state index in [1.807, 2.05) is 0 Å². The van der Waals surface area contributed by atoms with Gasteiger partial charge in [0, 0.05) is 13.1 Å². The van der Waals surface area contributed by atoms with Crippen LogP contribution in [0.15, 0.2) is 0 Å². The van der Waals surface area contributed by atoms with E-state index < -0.39 is 6.10 Å². The van der Waals surface area contributed by atoms with Gasteiger partial charge < -0.3 is 24.6 Å². The topological polar surface area (TPSA) is 60.0 Å². The third kappa shape index (κ3) is 6.19. The Bertz CT molecular complexity index is 227. The maximum absolute atomic E-state index is 9.85. The fraction of sp³-hybridized carbons (Fsp3) is 1.00. The Labute approximate surface area is 115 Å². The van der Waals surface area contributed by atoms with Crippen LogP contribution in [0.4, 0.5) is 0 Å². The van der Waals surface area contributed by atoms with Gasteiger partial charge in [-0.05, 0) is 12.8 Å². The second-order valence-electron chi connectivity index (χ2n) is 5.47. The van der Waals surface area contributed by atoms with Crippen LogP contribution in [0.1, 0.15) is 32.1 Å². The average Bonchev–Trinajstić information content (AvgIpc) is 2.47. The van der Waals surface area contributed by atoms with E-state index >= 15 is 0 Å². The van der Waals surface area contributed by atoms with Crippen LogP contribution in [0.25, 0.3) is 0 Å². The molecular formula is C14H27NO4. The lowest BCUT2D eigenvalue weighted by Gasteiger charge is -2.25. The molecule has 1 heterocycles. The summed E-state index contributed by atoms with van der Waals surface area (Å²) >= 11 is 0. The van der Waals surface area contributed by atoms with Crippen LogP contribution in [0.5, 0.6) is 0 Å². The van der Waals surface area contributed by atoms with E-state index in [9.17, 15) is 5.11 Å². The molecule has 5 nitrogen and oxygen atoms in total. The molecule has 112 valence electrons. The Morgan fingerprint density at radius 3 is 2.79 bits per heavy atom. The number of hydrogen-bond donors (Lipinski definition) is 2. The highest BCUT2D eigenvalue weighted by Gasteiger charge is 2.17. The first-order valence-corrected chi connectivity index (χ1v) is 7.54. The standard InChI is InChI=1S/C14H27NO4/c16-12(10-19-13-4-2-1-3-5-13)8-15-9-14-11-17-6-7-18-14/h12-16H,1-11H2. The van der Waals surface area contributed by atoms with Crippen molar-refractivity contribution in [3.05, 3.63) is 0 Å². The first kappa shape index (κ1) is 15.2. The molecular weight excluding hydrogens is 246 g/mol. The second-order valence-corrected chi connectivity index (χ2v) is 5.47. The summed E-state index contributed by atoms with van der Waals surface area (Å²) < 4.78 is 16.6. The van der Waals surface area contributed by atoms with Crippen molar-refractivity contribution >= 4 is 0 Å². The zero-order valence-electron chi connectivity index (χ0n) is 11.7. The number of rotatable bonds is 7. The normalized spacial score (nSPS) is 27.3. The Balaban J connectivity index is 1.47. The predicted octanol–water partition coefficient (Wildman–Crippen LogP) is 0.702. The van der Waals surface area contributed by atoms with Gasteiger partial charge in [0.15, 0.2) is 0 Å². The number of aliphatic hydroxyl groups excluding tert-OH is 1. The summed E-state index contributed by atoms with van der Waals surface area (Å²) in [5.74, 6) is 0. The number of ether oxygens (including phenoxy) is 3. The summed E-state index contributed by atoms with van der Waals surface area (Å²) in [6, 6.07) is 0. The molecule has 2 N–H and O–H groups in total. The van der Waals surface area contributed by atoms with Crippen molar-refractivity contribution in [2.75, 3.05) is 39.5 Å². The molecule has 1 saturated heterocycles. The van der Waals surface area contributed by atoms with Gasteiger partial charge in [-0.2, -0.15) is 0 Å². The van der Waals surface area contributed by atoms with Crippen molar-refractivity contribution in [1.82, 2.24) is 5.32 Å². The van der Waals surface area contributed by atoms with E-state index in [2.05, 4.69) is 5.32 Å². The van der Waals surface area contributed by atoms with Crippen molar-refractivity contribution in [3.63, 3.8) is 0 Å². The highest BCUT2D eigenvalue weighted by molar-refractivity contribution is 4.69. The van der Waals surface area contributed by atoms with Crippen LogP contribution in [-0.2, 0) is 14.2 Å². The molecule has 2 fully saturated rings. The van der Waals surface area contributed by atoms with Gasteiger partial charge in [-0.3, -0.25) is 0 Å². The Hall–Kier alpha value is -0.200. The Kier molecular flexibility index (Phi) is 7.09. The van der Waals surface area contributed by atoms with Gasteiger partial charge in [0.05, 0.1) is 44.7 Å². The van der Waals surface area contributed by atoms with Crippen molar-refractivity contribution in [1.29, 1.82) is 0 Å². The number of nitrogens with one attached hydrogen (secondary N) is 1. The van der Waals surface area contributed by atoms with E-state index in [4.69, 9.17) is 14.2 Å². The quantitative estimate of drug-likeness (QED) is 0.715. The Morgan fingerprint density at radius 1 is 1.21 bits per heavy atom. The molecule has 0 bridgehead atoms. The van der Waals surface area contributed by atoms with Gasteiger partial charge in [-0.25, -0.2) is 0 Å². The van der Waals surface area contributed by atoms with Crippen LogP contribution >= 0.6 is 0 Å². The Morgan fingerprint density at radius 2 is 2.05 bits per heavy atom. The highest BCUT2D eigenvalue weighted by Crippen LogP contribution is 2.20. The van der Waals surface area contributed by atoms with Gasteiger partial charge >= 0.3 is 0 Å².